The maximum Gasteiger partial charge on any atom is 0.271 e. The average Bonchev–Trinajstić information content (AvgIpc) is 2.21. The maximum atomic E-state index is 10.6. The van der Waals surface area contributed by atoms with E-state index in [4.69, 9.17) is 11.0 Å². The van der Waals surface area contributed by atoms with Gasteiger partial charge in [0.25, 0.3) is 5.69 Å². The summed E-state index contributed by atoms with van der Waals surface area (Å²) in [5, 5.41) is 28.7. The van der Waals surface area contributed by atoms with Gasteiger partial charge in [0.2, 0.25) is 0 Å². The number of rotatable bonds is 3. The van der Waals surface area contributed by atoms with Gasteiger partial charge in [-0.25, -0.2) is 0 Å². The van der Waals surface area contributed by atoms with Crippen molar-refractivity contribution < 1.29 is 10.0 Å². The summed E-state index contributed by atoms with van der Waals surface area (Å²) in [6.45, 7) is 0. The fraction of sp³-hybridized carbons (Fsp3) is 0.222. The lowest BCUT2D eigenvalue weighted by Crippen LogP contribution is -2.10. The molecule has 0 radical (unpaired) electrons. The number of nitro groups is 1. The van der Waals surface area contributed by atoms with Crippen molar-refractivity contribution in [1.82, 2.24) is 0 Å². The van der Waals surface area contributed by atoms with Crippen molar-refractivity contribution in [2.75, 3.05) is 0 Å². The van der Waals surface area contributed by atoms with Crippen molar-refractivity contribution in [3.63, 3.8) is 0 Å². The molecular weight excluding hydrogens is 278 g/mol. The number of aromatic hydroxyl groups is 1. The van der Waals surface area contributed by atoms with Gasteiger partial charge in [-0.2, -0.15) is 5.26 Å². The van der Waals surface area contributed by atoms with E-state index in [2.05, 4.69) is 15.9 Å². The highest BCUT2D eigenvalue weighted by Crippen LogP contribution is 2.35. The van der Waals surface area contributed by atoms with Crippen LogP contribution in [0.25, 0.3) is 0 Å². The number of halogens is 1. The SMILES string of the molecule is N#CC[C@@H](N)c1cc([N+](=O)[O-])cc(Br)c1O. The number of hydrogen-bond donors (Lipinski definition) is 2. The Morgan fingerprint density at radius 2 is 2.31 bits per heavy atom. The maximum absolute atomic E-state index is 10.6. The molecule has 84 valence electrons. The van der Waals surface area contributed by atoms with Gasteiger partial charge in [0.15, 0.2) is 0 Å². The number of nitrogens with zero attached hydrogens (tertiary/aromatic N) is 2. The number of phenolic OH excluding ortho intramolecular Hbond substituents is 1. The molecule has 6 nitrogen and oxygen atoms in total. The molecule has 0 fully saturated rings. The van der Waals surface area contributed by atoms with Gasteiger partial charge in [-0.05, 0) is 15.9 Å². The Hall–Kier alpha value is -1.65. The van der Waals surface area contributed by atoms with Crippen LogP contribution in [0.4, 0.5) is 5.69 Å². The number of nitriles is 1. The van der Waals surface area contributed by atoms with E-state index in [1.54, 1.807) is 0 Å². The summed E-state index contributed by atoms with van der Waals surface area (Å²) in [7, 11) is 0. The Labute approximate surface area is 99.6 Å². The molecule has 0 aliphatic carbocycles. The first kappa shape index (κ1) is 12.4. The first-order valence-corrected chi connectivity index (χ1v) is 5.06. The highest BCUT2D eigenvalue weighted by molar-refractivity contribution is 9.10. The minimum atomic E-state index is -0.749. The molecule has 7 heteroatoms. The molecule has 0 aliphatic heterocycles. The van der Waals surface area contributed by atoms with Crippen molar-refractivity contribution in [2.24, 2.45) is 5.73 Å². The van der Waals surface area contributed by atoms with Gasteiger partial charge in [-0.3, -0.25) is 10.1 Å². The standard InChI is InChI=1S/C9H8BrN3O3/c10-7-4-5(13(15)16)3-6(9(7)14)8(12)1-2-11/h3-4,8,14H,1,12H2/t8-/m1/s1. The second kappa shape index (κ2) is 4.92. The van der Waals surface area contributed by atoms with Crippen LogP contribution in [0, 0.1) is 21.4 Å². The van der Waals surface area contributed by atoms with Gasteiger partial charge in [0.1, 0.15) is 5.75 Å². The summed E-state index contributed by atoms with van der Waals surface area (Å²) in [5.41, 5.74) is 5.61. The van der Waals surface area contributed by atoms with Crippen LogP contribution >= 0.6 is 15.9 Å². The zero-order chi connectivity index (χ0) is 12.3. The van der Waals surface area contributed by atoms with Crippen LogP contribution in [-0.2, 0) is 0 Å². The van der Waals surface area contributed by atoms with Gasteiger partial charge in [-0.15, -0.1) is 0 Å². The smallest absolute Gasteiger partial charge is 0.271 e. The van der Waals surface area contributed by atoms with E-state index in [-0.39, 0.29) is 27.9 Å². The number of benzene rings is 1. The van der Waals surface area contributed by atoms with E-state index in [9.17, 15) is 15.2 Å². The molecule has 0 heterocycles. The van der Waals surface area contributed by atoms with E-state index in [1.165, 1.54) is 12.1 Å². The van der Waals surface area contributed by atoms with Crippen molar-refractivity contribution in [3.05, 3.63) is 32.3 Å². The lowest BCUT2D eigenvalue weighted by molar-refractivity contribution is -0.385. The molecule has 1 aromatic rings. The monoisotopic (exact) mass is 285 g/mol. The summed E-state index contributed by atoms with van der Waals surface area (Å²) < 4.78 is 0.185. The highest BCUT2D eigenvalue weighted by Gasteiger charge is 2.19. The normalized spacial score (nSPS) is 11.8. The predicted molar refractivity (Wildman–Crippen MR) is 59.6 cm³/mol. The number of nitro benzene ring substituents is 1. The van der Waals surface area contributed by atoms with Gasteiger partial charge in [-0.1, -0.05) is 0 Å². The van der Waals surface area contributed by atoms with Crippen LogP contribution in [0.3, 0.4) is 0 Å². The van der Waals surface area contributed by atoms with Crippen molar-refractivity contribution in [1.29, 1.82) is 5.26 Å². The largest absolute Gasteiger partial charge is 0.506 e. The molecule has 16 heavy (non-hydrogen) atoms. The molecule has 0 amide bonds. The topological polar surface area (TPSA) is 113 Å². The lowest BCUT2D eigenvalue weighted by atomic mass is 10.0. The van der Waals surface area contributed by atoms with E-state index in [0.717, 1.165) is 0 Å². The lowest BCUT2D eigenvalue weighted by Gasteiger charge is -2.11. The Morgan fingerprint density at radius 3 is 2.81 bits per heavy atom. The molecular formula is C9H8BrN3O3. The zero-order valence-electron chi connectivity index (χ0n) is 8.05. The molecule has 1 rings (SSSR count). The first-order valence-electron chi connectivity index (χ1n) is 4.26. The number of nitrogens with two attached hydrogens (primary N) is 1. The van der Waals surface area contributed by atoms with Crippen molar-refractivity contribution in [2.45, 2.75) is 12.5 Å². The third kappa shape index (κ3) is 2.48. The summed E-state index contributed by atoms with van der Waals surface area (Å²) in [6.07, 6.45) is -0.0266. The summed E-state index contributed by atoms with van der Waals surface area (Å²) in [4.78, 5) is 10.0. The number of non-ortho nitro benzene ring substituents is 1. The molecule has 0 aliphatic rings. The van der Waals surface area contributed by atoms with Gasteiger partial charge in [0, 0.05) is 23.7 Å². The van der Waals surface area contributed by atoms with Crippen LogP contribution in [0.15, 0.2) is 16.6 Å². The fourth-order valence-corrected chi connectivity index (χ4v) is 1.67. The number of phenols is 1. The van der Waals surface area contributed by atoms with E-state index < -0.39 is 11.0 Å². The third-order valence-electron chi connectivity index (χ3n) is 2.00. The molecule has 1 atom stereocenters. The second-order valence-electron chi connectivity index (χ2n) is 3.09. The predicted octanol–water partition coefficient (Wildman–Crippen LogP) is 1.98. The summed E-state index contributed by atoms with van der Waals surface area (Å²) >= 11 is 2.99. The molecule has 0 saturated heterocycles. The second-order valence-corrected chi connectivity index (χ2v) is 3.95. The molecule has 1 aromatic carbocycles. The minimum absolute atomic E-state index is 0.0266. The van der Waals surface area contributed by atoms with E-state index >= 15 is 0 Å². The van der Waals surface area contributed by atoms with Crippen LogP contribution < -0.4 is 5.73 Å². The van der Waals surface area contributed by atoms with Gasteiger partial charge >= 0.3 is 0 Å². The minimum Gasteiger partial charge on any atom is -0.506 e. The molecule has 0 saturated carbocycles. The highest BCUT2D eigenvalue weighted by atomic mass is 79.9. The quantitative estimate of drug-likeness (QED) is 0.651. The molecule has 0 aromatic heterocycles. The molecule has 0 unspecified atom stereocenters. The van der Waals surface area contributed by atoms with Gasteiger partial charge < -0.3 is 10.8 Å². The fourth-order valence-electron chi connectivity index (χ4n) is 1.20. The van der Waals surface area contributed by atoms with Crippen LogP contribution in [0.2, 0.25) is 0 Å². The molecule has 3 N–H and O–H groups in total. The average molecular weight is 286 g/mol. The van der Waals surface area contributed by atoms with E-state index in [1.807, 2.05) is 6.07 Å². The van der Waals surface area contributed by atoms with Crippen LogP contribution in [0.1, 0.15) is 18.0 Å². The summed E-state index contributed by atoms with van der Waals surface area (Å²) in [6, 6.07) is 3.44. The Morgan fingerprint density at radius 1 is 1.69 bits per heavy atom. The molecule has 0 spiro atoms. The first-order chi connectivity index (χ1) is 7.47. The van der Waals surface area contributed by atoms with Crippen molar-refractivity contribution >= 4 is 21.6 Å². The van der Waals surface area contributed by atoms with Crippen LogP contribution in [-0.4, -0.2) is 10.0 Å². The van der Waals surface area contributed by atoms with Gasteiger partial charge in [0.05, 0.1) is 21.9 Å². The zero-order valence-corrected chi connectivity index (χ0v) is 9.64. The Kier molecular flexibility index (Phi) is 3.82. The number of hydrogen-bond acceptors (Lipinski definition) is 5. The third-order valence-corrected chi connectivity index (χ3v) is 2.60. The Bertz CT molecular complexity index is 470. The van der Waals surface area contributed by atoms with E-state index in [0.29, 0.717) is 0 Å². The molecule has 0 bridgehead atoms. The van der Waals surface area contributed by atoms with Crippen molar-refractivity contribution in [3.8, 4) is 11.8 Å². The summed E-state index contributed by atoms with van der Waals surface area (Å²) in [5.74, 6) is -0.173. The van der Waals surface area contributed by atoms with Crippen LogP contribution in [0.5, 0.6) is 5.75 Å². The Balaban J connectivity index is 3.27.